The number of carboxylic acids is 2. The lowest BCUT2D eigenvalue weighted by Crippen LogP contribution is -2.61. The third kappa shape index (κ3) is 28.1. The van der Waals surface area contributed by atoms with Crippen LogP contribution in [0.5, 0.6) is 0 Å². The molecule has 0 bridgehead atoms. The first-order chi connectivity index (χ1) is 47.4. The number of amides is 12. The van der Waals surface area contributed by atoms with Crippen molar-refractivity contribution in [2.75, 3.05) is 32.8 Å². The first-order valence-electron chi connectivity index (χ1n) is 35.6. The van der Waals surface area contributed by atoms with Crippen molar-refractivity contribution in [3.8, 4) is 0 Å². The summed E-state index contributed by atoms with van der Waals surface area (Å²) in [7, 11) is 0. The average molecular weight is 1420 g/mol. The highest BCUT2D eigenvalue weighted by Gasteiger charge is 2.41. The fraction of sp³-hybridized carbons (Fsp3) is 0.773. The van der Waals surface area contributed by atoms with Gasteiger partial charge in [-0.2, -0.15) is 0 Å². The van der Waals surface area contributed by atoms with Crippen molar-refractivity contribution in [1.82, 2.24) is 74.4 Å². The van der Waals surface area contributed by atoms with E-state index in [0.29, 0.717) is 31.9 Å². The molecule has 3 aliphatic heterocycles. The third-order valence-corrected chi connectivity index (χ3v) is 19.1. The average Bonchev–Trinajstić information content (AvgIpc) is 1.33. The molecule has 0 radical (unpaired) electrons. The lowest BCUT2D eigenvalue weighted by molar-refractivity contribution is -0.142. The monoisotopic (exact) mass is 1410 g/mol. The Morgan fingerprint density at radius 2 is 1.14 bits per heavy atom. The van der Waals surface area contributed by atoms with Crippen LogP contribution in [0.1, 0.15) is 184 Å². The van der Waals surface area contributed by atoms with Gasteiger partial charge in [0.25, 0.3) is 0 Å². The minimum Gasteiger partial charge on any atom is -0.481 e. The van der Waals surface area contributed by atoms with E-state index in [1.165, 1.54) is 0 Å². The number of primary amides is 1. The number of unbranched alkanes of at least 4 members (excludes halogenated alkanes) is 1. The Hall–Kier alpha value is -8.11. The van der Waals surface area contributed by atoms with Crippen LogP contribution in [0.2, 0.25) is 0 Å². The molecule has 12 amide bonds. The maximum atomic E-state index is 14.7. The van der Waals surface area contributed by atoms with Gasteiger partial charge in [-0.1, -0.05) is 107 Å². The second kappa shape index (κ2) is 42.9. The first kappa shape index (κ1) is 84.3. The number of nitrogens with one attached hydrogen (secondary N) is 14. The molecule has 16 unspecified atom stereocenters. The number of aliphatic imine (C=N–C) groups is 1. The molecule has 3 heterocycles. The van der Waals surface area contributed by atoms with Gasteiger partial charge in [0.05, 0.1) is 25.4 Å². The fourth-order valence-electron chi connectivity index (χ4n) is 12.3. The molecule has 1 saturated carbocycles. The van der Waals surface area contributed by atoms with E-state index < -0.39 is 199 Å². The minimum atomic E-state index is -1.94. The second-order valence-electron chi connectivity index (χ2n) is 27.6. The number of carbonyl (C=O) groups is 14. The molecule has 0 aromatic carbocycles. The van der Waals surface area contributed by atoms with Crippen LogP contribution in [0.3, 0.4) is 0 Å². The zero-order valence-electron chi connectivity index (χ0n) is 59.4. The summed E-state index contributed by atoms with van der Waals surface area (Å²) in [6.07, 6.45) is 2.91. The van der Waals surface area contributed by atoms with Gasteiger partial charge >= 0.3 is 11.9 Å². The van der Waals surface area contributed by atoms with Crippen LogP contribution in [0.4, 0.5) is 0 Å². The Labute approximate surface area is 585 Å². The molecule has 4 rings (SSSR count). The van der Waals surface area contributed by atoms with E-state index in [1.54, 1.807) is 27.7 Å². The van der Waals surface area contributed by atoms with Crippen molar-refractivity contribution in [1.29, 1.82) is 0 Å². The molecule has 0 spiro atoms. The summed E-state index contributed by atoms with van der Waals surface area (Å²) in [5.74, 6) is -14.3. The zero-order chi connectivity index (χ0) is 74.3. The molecule has 0 aromatic rings. The third-order valence-electron chi connectivity index (χ3n) is 19.1. The highest BCUT2D eigenvalue weighted by Crippen LogP contribution is 2.28. The van der Waals surface area contributed by atoms with Gasteiger partial charge < -0.3 is 102 Å². The van der Waals surface area contributed by atoms with Crippen molar-refractivity contribution < 1.29 is 77.3 Å². The topological polar surface area (TPSA) is 538 Å². The van der Waals surface area contributed by atoms with Gasteiger partial charge in [0.15, 0.2) is 0 Å². The van der Waals surface area contributed by atoms with E-state index in [9.17, 15) is 77.3 Å². The summed E-state index contributed by atoms with van der Waals surface area (Å²) in [4.78, 5) is 199. The summed E-state index contributed by atoms with van der Waals surface area (Å²) in [6, 6.07) is -16.5. The van der Waals surface area contributed by atoms with Crippen molar-refractivity contribution >= 4 is 88.7 Å². The zero-order valence-corrected chi connectivity index (χ0v) is 59.4. The molecular formula is C66H114N18O16. The number of hydrogen-bond acceptors (Lipinski definition) is 20. The van der Waals surface area contributed by atoms with E-state index in [0.717, 1.165) is 38.5 Å². The minimum absolute atomic E-state index is 0.0187. The summed E-state index contributed by atoms with van der Waals surface area (Å²) in [5.41, 5.74) is 17.9. The number of carboxylic acid groups (broad SMARTS) is 2. The number of hydrogen-bond donors (Lipinski definition) is 19. The van der Waals surface area contributed by atoms with Crippen LogP contribution in [0, 0.1) is 29.6 Å². The summed E-state index contributed by atoms with van der Waals surface area (Å²) >= 11 is 0. The van der Waals surface area contributed by atoms with Crippen LogP contribution in [-0.4, -0.2) is 210 Å². The lowest BCUT2D eigenvalue weighted by atomic mass is 9.84. The van der Waals surface area contributed by atoms with Gasteiger partial charge in [0.1, 0.15) is 72.3 Å². The van der Waals surface area contributed by atoms with Crippen LogP contribution in [0.25, 0.3) is 0 Å². The van der Waals surface area contributed by atoms with Crippen molar-refractivity contribution in [2.45, 2.75) is 262 Å². The van der Waals surface area contributed by atoms with E-state index in [-0.39, 0.29) is 88.8 Å². The lowest BCUT2D eigenvalue weighted by Gasteiger charge is -2.31. The van der Waals surface area contributed by atoms with E-state index in [2.05, 4.69) is 79.4 Å². The van der Waals surface area contributed by atoms with Gasteiger partial charge in [0.2, 0.25) is 70.9 Å². The molecule has 2 saturated heterocycles. The van der Waals surface area contributed by atoms with Crippen molar-refractivity contribution in [3.63, 3.8) is 0 Å². The number of rotatable bonds is 35. The highest BCUT2D eigenvalue weighted by atomic mass is 16.4. The molecule has 564 valence electrons. The van der Waals surface area contributed by atoms with Gasteiger partial charge in [-0.05, 0) is 93.9 Å². The largest absolute Gasteiger partial charge is 0.481 e. The Kier molecular flexibility index (Phi) is 36.1. The Balaban J connectivity index is 1.65. The fourth-order valence-corrected chi connectivity index (χ4v) is 12.3. The summed E-state index contributed by atoms with van der Waals surface area (Å²) in [6.45, 7) is 15.2. The number of amidine groups is 1. The molecule has 3 fully saturated rings. The molecule has 34 heteroatoms. The summed E-state index contributed by atoms with van der Waals surface area (Å²) in [5, 5.41) is 58.2. The number of carbonyl (C=O) groups excluding carboxylic acids is 12. The van der Waals surface area contributed by atoms with Crippen LogP contribution in [0.15, 0.2) is 4.99 Å². The molecule has 16 atom stereocenters. The molecular weight excluding hydrogens is 1300 g/mol. The molecule has 34 nitrogen and oxygen atoms in total. The summed E-state index contributed by atoms with van der Waals surface area (Å²) < 4.78 is 0. The van der Waals surface area contributed by atoms with Gasteiger partial charge in [-0.15, -0.1) is 0 Å². The number of nitrogens with zero attached hydrogens (tertiary/aromatic N) is 1. The van der Waals surface area contributed by atoms with E-state index >= 15 is 0 Å². The van der Waals surface area contributed by atoms with Crippen molar-refractivity contribution in [3.05, 3.63) is 0 Å². The van der Waals surface area contributed by atoms with Crippen molar-refractivity contribution in [2.24, 2.45) is 51.8 Å². The van der Waals surface area contributed by atoms with Crippen LogP contribution >= 0.6 is 0 Å². The van der Waals surface area contributed by atoms with Crippen LogP contribution in [-0.2, 0) is 67.1 Å². The maximum Gasteiger partial charge on any atom is 0.305 e. The smallest absolute Gasteiger partial charge is 0.305 e. The van der Waals surface area contributed by atoms with Gasteiger partial charge in [-0.25, -0.2) is 0 Å². The predicted molar refractivity (Wildman–Crippen MR) is 368 cm³/mol. The molecule has 4 aliphatic rings. The number of nitrogens with two attached hydrogens (primary N) is 3. The highest BCUT2D eigenvalue weighted by molar-refractivity contribution is 6.01. The van der Waals surface area contributed by atoms with Gasteiger partial charge in [-0.3, -0.25) is 72.1 Å². The molecule has 22 N–H and O–H groups in total. The molecule has 100 heavy (non-hydrogen) atoms. The van der Waals surface area contributed by atoms with Gasteiger partial charge in [0, 0.05) is 32.2 Å². The van der Waals surface area contributed by atoms with Crippen LogP contribution < -0.4 is 91.6 Å². The van der Waals surface area contributed by atoms with E-state index in [1.807, 2.05) is 27.7 Å². The molecule has 0 aromatic heterocycles. The Morgan fingerprint density at radius 1 is 0.590 bits per heavy atom. The normalized spacial score (nSPS) is 25.3. The maximum absolute atomic E-state index is 14.7. The second-order valence-corrected chi connectivity index (χ2v) is 27.6. The SMILES string of the molecule is CCC(C)C(N)C1=NCC(C(=O)NC(CC(C)C)C(=O)NC(CCC(=O)O)C(=O)NC(C(=O)NCCCCC2NC(=O)C(CC(N)=O)NC(=O)C(CC(=O)O)NC(=O)C(CC3CNCN3)NC(=O)C(CC3CCCCC3)NC(=O)C(C(C)CC)NC(=O)C(CCCN)NC2=O)C(C)CC)N1. The van der Waals surface area contributed by atoms with E-state index in [4.69, 9.17) is 17.2 Å². The molecule has 1 aliphatic carbocycles. The Bertz CT molecular complexity index is 2840. The number of aliphatic carboxylic acids is 2. The Morgan fingerprint density at radius 3 is 1.70 bits per heavy atom. The standard InChI is InChI=1S/C66H114N18O16/c1-9-35(6)52(69)55-72-32-48(74-55)64(98)78-43(26-34(4)5)59(93)77-42(22-23-50(86)87)58(92)83-53(36(7)10-2)65(99)71-25-16-15-20-40-56(90)75-41(21-17-24-67)57(91)84-54(37(8)11-3)66(100)82-44(27-38-18-13-12-14-19-38)60(94)79-45(28-39-31-70-33-73-39)61(95)81-47(30-51(88)89)63(97)80-46(29-49(68)85)62(96)76-40/h34-48,52-54,70,73H,9-33,67,69H2,1-8H3,(H2,68,85)(H,71,99)(H,72,74)(H,75,90)(H,76,96)(H,77,93)(H,78,98)(H,79,94)(H,80,97)(H,81,95)(H,82,100)(H,83,92)(H,84,91)(H,86,87)(H,88,89). The predicted octanol–water partition coefficient (Wildman–Crippen LogP) is -3.15. The quantitative estimate of drug-likeness (QED) is 0.0279. The first-order valence-corrected chi connectivity index (χ1v) is 35.6.